The van der Waals surface area contributed by atoms with Crippen LogP contribution in [0.1, 0.15) is 24.9 Å². The molecule has 1 heterocycles. The van der Waals surface area contributed by atoms with Crippen LogP contribution in [0.5, 0.6) is 0 Å². The molecular formula is C20H22N4O. The van der Waals surface area contributed by atoms with Gasteiger partial charge < -0.3 is 10.6 Å². The zero-order valence-electron chi connectivity index (χ0n) is 14.2. The molecule has 2 N–H and O–H groups in total. The molecule has 0 spiro atoms. The highest BCUT2D eigenvalue weighted by atomic mass is 16.1. The zero-order valence-corrected chi connectivity index (χ0v) is 14.2. The molecular weight excluding hydrogens is 312 g/mol. The summed E-state index contributed by atoms with van der Waals surface area (Å²) in [6, 6.07) is 20.1. The number of benzene rings is 2. The monoisotopic (exact) mass is 334 g/mol. The van der Waals surface area contributed by atoms with Gasteiger partial charge in [0.05, 0.1) is 0 Å². The SMILES string of the molecule is C[C@@H](Nc1ccc(NC(=O)CCn2cccn2)cc1)c1ccccc1. The number of aryl methyl sites for hydroxylation is 1. The first-order chi connectivity index (χ1) is 12.2. The van der Waals surface area contributed by atoms with Crippen LogP contribution in [-0.2, 0) is 11.3 Å². The zero-order chi connectivity index (χ0) is 17.5. The minimum absolute atomic E-state index is 0.0196. The number of rotatable bonds is 7. The maximum atomic E-state index is 12.0. The first-order valence-electron chi connectivity index (χ1n) is 8.39. The van der Waals surface area contributed by atoms with Crippen LogP contribution in [-0.4, -0.2) is 15.7 Å². The number of anilines is 2. The molecule has 0 aliphatic rings. The van der Waals surface area contributed by atoms with Crippen LogP contribution in [0.3, 0.4) is 0 Å². The molecule has 5 nitrogen and oxygen atoms in total. The Morgan fingerprint density at radius 3 is 2.44 bits per heavy atom. The summed E-state index contributed by atoms with van der Waals surface area (Å²) < 4.78 is 1.75. The van der Waals surface area contributed by atoms with Gasteiger partial charge in [-0.25, -0.2) is 0 Å². The van der Waals surface area contributed by atoms with E-state index < -0.39 is 0 Å². The van der Waals surface area contributed by atoms with E-state index in [0.29, 0.717) is 13.0 Å². The molecule has 2 aromatic carbocycles. The molecule has 128 valence electrons. The Balaban J connectivity index is 1.50. The third-order valence-electron chi connectivity index (χ3n) is 3.98. The molecule has 0 radical (unpaired) electrons. The lowest BCUT2D eigenvalue weighted by Crippen LogP contribution is -2.14. The highest BCUT2D eigenvalue weighted by Gasteiger charge is 2.06. The Morgan fingerprint density at radius 2 is 1.76 bits per heavy atom. The van der Waals surface area contributed by atoms with Crippen molar-refractivity contribution >= 4 is 17.3 Å². The van der Waals surface area contributed by atoms with Crippen molar-refractivity contribution in [1.29, 1.82) is 0 Å². The third kappa shape index (κ3) is 4.94. The van der Waals surface area contributed by atoms with E-state index in [1.807, 2.05) is 54.7 Å². The second kappa shape index (κ2) is 8.15. The topological polar surface area (TPSA) is 58.9 Å². The van der Waals surface area contributed by atoms with E-state index in [9.17, 15) is 4.79 Å². The van der Waals surface area contributed by atoms with Crippen molar-refractivity contribution in [3.8, 4) is 0 Å². The third-order valence-corrected chi connectivity index (χ3v) is 3.98. The smallest absolute Gasteiger partial charge is 0.226 e. The quantitative estimate of drug-likeness (QED) is 0.684. The highest BCUT2D eigenvalue weighted by Crippen LogP contribution is 2.20. The maximum absolute atomic E-state index is 12.0. The number of aromatic nitrogens is 2. The lowest BCUT2D eigenvalue weighted by Gasteiger charge is -2.16. The normalized spacial score (nSPS) is 11.7. The summed E-state index contributed by atoms with van der Waals surface area (Å²) in [5, 5.41) is 10.5. The Morgan fingerprint density at radius 1 is 1.04 bits per heavy atom. The molecule has 0 saturated heterocycles. The van der Waals surface area contributed by atoms with Gasteiger partial charge in [-0.2, -0.15) is 5.10 Å². The van der Waals surface area contributed by atoms with Gasteiger partial charge in [0.25, 0.3) is 0 Å². The van der Waals surface area contributed by atoms with E-state index in [1.54, 1.807) is 10.9 Å². The number of nitrogens with one attached hydrogen (secondary N) is 2. The van der Waals surface area contributed by atoms with E-state index in [0.717, 1.165) is 11.4 Å². The van der Waals surface area contributed by atoms with Gasteiger partial charge in [-0.3, -0.25) is 9.48 Å². The van der Waals surface area contributed by atoms with Crippen LogP contribution in [0, 0.1) is 0 Å². The number of hydrogen-bond acceptors (Lipinski definition) is 3. The Hall–Kier alpha value is -3.08. The number of nitrogens with zero attached hydrogens (tertiary/aromatic N) is 2. The summed E-state index contributed by atoms with van der Waals surface area (Å²) in [6.07, 6.45) is 3.95. The van der Waals surface area contributed by atoms with Crippen LogP contribution in [0.25, 0.3) is 0 Å². The molecule has 3 aromatic rings. The van der Waals surface area contributed by atoms with Gasteiger partial charge in [-0.05, 0) is 42.8 Å². The molecule has 0 aliphatic carbocycles. The molecule has 0 saturated carbocycles. The summed E-state index contributed by atoms with van der Waals surface area (Å²) in [7, 11) is 0. The van der Waals surface area contributed by atoms with Crippen molar-refractivity contribution < 1.29 is 4.79 Å². The lowest BCUT2D eigenvalue weighted by atomic mass is 10.1. The average Bonchev–Trinajstić information content (AvgIpc) is 3.16. The standard InChI is InChI=1S/C20H22N4O/c1-16(17-6-3-2-4-7-17)22-18-8-10-19(11-9-18)23-20(25)12-15-24-14-5-13-21-24/h2-11,13-14,16,22H,12,15H2,1H3,(H,23,25)/t16-/m1/s1. The number of carbonyl (C=O) groups excluding carboxylic acids is 1. The lowest BCUT2D eigenvalue weighted by molar-refractivity contribution is -0.116. The minimum atomic E-state index is -0.0196. The summed E-state index contributed by atoms with van der Waals surface area (Å²) in [5.41, 5.74) is 3.05. The van der Waals surface area contributed by atoms with E-state index in [4.69, 9.17) is 0 Å². The van der Waals surface area contributed by atoms with Crippen molar-refractivity contribution in [2.24, 2.45) is 0 Å². The summed E-state index contributed by atoms with van der Waals surface area (Å²) in [4.78, 5) is 12.0. The van der Waals surface area contributed by atoms with Crippen LogP contribution >= 0.6 is 0 Å². The van der Waals surface area contributed by atoms with Gasteiger partial charge in [0.1, 0.15) is 0 Å². The van der Waals surface area contributed by atoms with Gasteiger partial charge in [-0.1, -0.05) is 30.3 Å². The van der Waals surface area contributed by atoms with Crippen LogP contribution in [0.2, 0.25) is 0 Å². The summed E-state index contributed by atoms with van der Waals surface area (Å²) >= 11 is 0. The second-order valence-corrected chi connectivity index (χ2v) is 5.92. The van der Waals surface area contributed by atoms with Crippen molar-refractivity contribution in [1.82, 2.24) is 9.78 Å². The fourth-order valence-electron chi connectivity index (χ4n) is 2.60. The predicted molar refractivity (Wildman–Crippen MR) is 100 cm³/mol. The van der Waals surface area contributed by atoms with Gasteiger partial charge in [0.2, 0.25) is 5.91 Å². The fraction of sp³-hybridized carbons (Fsp3) is 0.200. The average molecular weight is 334 g/mol. The Kier molecular flexibility index (Phi) is 5.46. The van der Waals surface area contributed by atoms with Crippen LogP contribution in [0.15, 0.2) is 73.1 Å². The number of hydrogen-bond donors (Lipinski definition) is 2. The Labute approximate surface area is 147 Å². The fourth-order valence-corrected chi connectivity index (χ4v) is 2.60. The van der Waals surface area contributed by atoms with Gasteiger partial charge in [0, 0.05) is 42.8 Å². The predicted octanol–water partition coefficient (Wildman–Crippen LogP) is 4.09. The van der Waals surface area contributed by atoms with Gasteiger partial charge in [-0.15, -0.1) is 0 Å². The van der Waals surface area contributed by atoms with Gasteiger partial charge >= 0.3 is 0 Å². The molecule has 1 atom stereocenters. The molecule has 0 unspecified atom stereocenters. The Bertz CT molecular complexity index is 782. The number of carbonyl (C=O) groups is 1. The van der Waals surface area contributed by atoms with Crippen LogP contribution in [0.4, 0.5) is 11.4 Å². The molecule has 0 bridgehead atoms. The largest absolute Gasteiger partial charge is 0.379 e. The molecule has 25 heavy (non-hydrogen) atoms. The molecule has 3 rings (SSSR count). The number of amides is 1. The maximum Gasteiger partial charge on any atom is 0.226 e. The molecule has 0 aliphatic heterocycles. The molecule has 1 amide bonds. The molecule has 0 fully saturated rings. The first kappa shape index (κ1) is 16.8. The van der Waals surface area contributed by atoms with Gasteiger partial charge in [0.15, 0.2) is 0 Å². The first-order valence-corrected chi connectivity index (χ1v) is 8.39. The van der Waals surface area contributed by atoms with E-state index in [-0.39, 0.29) is 11.9 Å². The summed E-state index contributed by atoms with van der Waals surface area (Å²) in [6.45, 7) is 2.70. The summed E-state index contributed by atoms with van der Waals surface area (Å²) in [5.74, 6) is -0.0196. The van der Waals surface area contributed by atoms with Crippen molar-refractivity contribution in [2.75, 3.05) is 10.6 Å². The van der Waals surface area contributed by atoms with Crippen molar-refractivity contribution in [2.45, 2.75) is 25.9 Å². The van der Waals surface area contributed by atoms with Crippen molar-refractivity contribution in [3.63, 3.8) is 0 Å². The highest BCUT2D eigenvalue weighted by molar-refractivity contribution is 5.90. The molecule has 1 aromatic heterocycles. The second-order valence-electron chi connectivity index (χ2n) is 5.92. The van der Waals surface area contributed by atoms with E-state index in [2.05, 4.69) is 34.8 Å². The van der Waals surface area contributed by atoms with Crippen molar-refractivity contribution in [3.05, 3.63) is 78.6 Å². The van der Waals surface area contributed by atoms with E-state index in [1.165, 1.54) is 5.56 Å². The van der Waals surface area contributed by atoms with E-state index >= 15 is 0 Å². The van der Waals surface area contributed by atoms with Crippen LogP contribution < -0.4 is 10.6 Å². The minimum Gasteiger partial charge on any atom is -0.379 e. The molecule has 5 heteroatoms.